The Balaban J connectivity index is 1.62. The van der Waals surface area contributed by atoms with Gasteiger partial charge in [0, 0.05) is 18.7 Å². The van der Waals surface area contributed by atoms with Crippen LogP contribution in [0.1, 0.15) is 24.0 Å². The van der Waals surface area contributed by atoms with Crippen LogP contribution in [-0.2, 0) is 6.54 Å². The van der Waals surface area contributed by atoms with Crippen molar-refractivity contribution in [2.75, 3.05) is 0 Å². The second-order valence-electron chi connectivity index (χ2n) is 5.31. The first kappa shape index (κ1) is 13.1. The zero-order chi connectivity index (χ0) is 13.9. The Hall–Kier alpha value is -1.87. The van der Waals surface area contributed by atoms with Crippen LogP contribution in [0.25, 0.3) is 0 Å². The molecule has 20 heavy (non-hydrogen) atoms. The molecule has 0 spiro atoms. The fourth-order valence-electron chi connectivity index (χ4n) is 2.00. The number of hydrogen-bond donors (Lipinski definition) is 1. The summed E-state index contributed by atoms with van der Waals surface area (Å²) < 4.78 is 19.1. The molecule has 1 fully saturated rings. The highest BCUT2D eigenvalue weighted by Gasteiger charge is 2.19. The average Bonchev–Trinajstić information content (AvgIpc) is 3.26. The third-order valence-electron chi connectivity index (χ3n) is 3.47. The third-order valence-corrected chi connectivity index (χ3v) is 3.47. The highest BCUT2D eigenvalue weighted by Crippen LogP contribution is 2.24. The monoisotopic (exact) mass is 271 g/mol. The van der Waals surface area contributed by atoms with E-state index in [1.54, 1.807) is 19.1 Å². The molecule has 0 saturated heterocycles. The van der Waals surface area contributed by atoms with E-state index in [0.29, 0.717) is 17.4 Å². The van der Waals surface area contributed by atoms with Crippen LogP contribution in [0, 0.1) is 12.7 Å². The summed E-state index contributed by atoms with van der Waals surface area (Å²) in [6.07, 6.45) is 2.58. The lowest BCUT2D eigenvalue weighted by Gasteiger charge is -2.08. The van der Waals surface area contributed by atoms with Crippen LogP contribution in [0.15, 0.2) is 42.5 Å². The predicted octanol–water partition coefficient (Wildman–Crippen LogP) is 4.18. The van der Waals surface area contributed by atoms with E-state index in [1.165, 1.54) is 24.5 Å². The molecule has 0 bridgehead atoms. The Kier molecular flexibility index (Phi) is 3.70. The fourth-order valence-corrected chi connectivity index (χ4v) is 2.00. The molecule has 104 valence electrons. The highest BCUT2D eigenvalue weighted by atomic mass is 19.1. The molecule has 2 nitrogen and oxygen atoms in total. The van der Waals surface area contributed by atoms with E-state index in [4.69, 9.17) is 4.74 Å². The second-order valence-corrected chi connectivity index (χ2v) is 5.31. The average molecular weight is 271 g/mol. The smallest absolute Gasteiger partial charge is 0.130 e. The van der Waals surface area contributed by atoms with Gasteiger partial charge in [0.15, 0.2) is 0 Å². The summed E-state index contributed by atoms with van der Waals surface area (Å²) in [7, 11) is 0. The zero-order valence-electron chi connectivity index (χ0n) is 11.5. The standard InChI is InChI=1S/C17H18FNO/c1-12-2-7-16(10-17(12)18)20-15-8-3-13(4-9-15)11-19-14-5-6-14/h2-4,7-10,14,19H,5-6,11H2,1H3. The molecule has 0 aliphatic heterocycles. The van der Waals surface area contributed by atoms with Gasteiger partial charge < -0.3 is 10.1 Å². The minimum atomic E-state index is -0.243. The summed E-state index contributed by atoms with van der Waals surface area (Å²) in [5.41, 5.74) is 1.86. The quantitative estimate of drug-likeness (QED) is 0.881. The van der Waals surface area contributed by atoms with Crippen molar-refractivity contribution in [1.82, 2.24) is 5.32 Å². The lowest BCUT2D eigenvalue weighted by Crippen LogP contribution is -2.14. The third kappa shape index (κ3) is 3.36. The Morgan fingerprint density at radius 3 is 2.45 bits per heavy atom. The Morgan fingerprint density at radius 2 is 1.80 bits per heavy atom. The molecule has 1 saturated carbocycles. The van der Waals surface area contributed by atoms with E-state index < -0.39 is 0 Å². The van der Waals surface area contributed by atoms with Gasteiger partial charge in [-0.25, -0.2) is 4.39 Å². The molecule has 3 rings (SSSR count). The SMILES string of the molecule is Cc1ccc(Oc2ccc(CNC3CC3)cc2)cc1F. The number of halogens is 1. The van der Waals surface area contributed by atoms with Crippen molar-refractivity contribution in [2.45, 2.75) is 32.4 Å². The van der Waals surface area contributed by atoms with Crippen molar-refractivity contribution in [1.29, 1.82) is 0 Å². The van der Waals surface area contributed by atoms with Crippen LogP contribution in [0.5, 0.6) is 11.5 Å². The normalized spacial score (nSPS) is 14.3. The van der Waals surface area contributed by atoms with Crippen molar-refractivity contribution >= 4 is 0 Å². The second kappa shape index (κ2) is 5.63. The van der Waals surface area contributed by atoms with Gasteiger partial charge in [-0.15, -0.1) is 0 Å². The molecule has 0 amide bonds. The molecule has 3 heteroatoms. The fraction of sp³-hybridized carbons (Fsp3) is 0.294. The van der Waals surface area contributed by atoms with Gasteiger partial charge in [0.1, 0.15) is 17.3 Å². The van der Waals surface area contributed by atoms with Crippen LogP contribution in [0.4, 0.5) is 4.39 Å². The zero-order valence-corrected chi connectivity index (χ0v) is 11.5. The number of ether oxygens (including phenoxy) is 1. The molecule has 0 aromatic heterocycles. The van der Waals surface area contributed by atoms with Gasteiger partial charge in [0.05, 0.1) is 0 Å². The van der Waals surface area contributed by atoms with E-state index in [2.05, 4.69) is 5.32 Å². The molecular formula is C17H18FNO. The molecule has 1 aliphatic carbocycles. The van der Waals surface area contributed by atoms with E-state index in [-0.39, 0.29) is 5.82 Å². The van der Waals surface area contributed by atoms with Gasteiger partial charge in [-0.2, -0.15) is 0 Å². The van der Waals surface area contributed by atoms with Crippen LogP contribution in [0.2, 0.25) is 0 Å². The first-order chi connectivity index (χ1) is 9.70. The van der Waals surface area contributed by atoms with E-state index in [9.17, 15) is 4.39 Å². The maximum absolute atomic E-state index is 13.4. The van der Waals surface area contributed by atoms with Gasteiger partial charge in [-0.3, -0.25) is 0 Å². The summed E-state index contributed by atoms with van der Waals surface area (Å²) in [5, 5.41) is 3.47. The first-order valence-corrected chi connectivity index (χ1v) is 6.97. The Bertz CT molecular complexity index is 590. The molecule has 0 heterocycles. The van der Waals surface area contributed by atoms with Crippen molar-refractivity contribution in [3.05, 3.63) is 59.4 Å². The van der Waals surface area contributed by atoms with Crippen LogP contribution >= 0.6 is 0 Å². The first-order valence-electron chi connectivity index (χ1n) is 6.97. The molecule has 1 aliphatic rings. The summed E-state index contributed by atoms with van der Waals surface area (Å²) in [6.45, 7) is 2.63. The van der Waals surface area contributed by atoms with Gasteiger partial charge in [0.2, 0.25) is 0 Å². The topological polar surface area (TPSA) is 21.3 Å². The molecule has 2 aromatic rings. The van der Waals surface area contributed by atoms with Gasteiger partial charge in [-0.05, 0) is 49.1 Å². The van der Waals surface area contributed by atoms with Crippen molar-refractivity contribution < 1.29 is 9.13 Å². The van der Waals surface area contributed by atoms with E-state index in [1.807, 2.05) is 24.3 Å². The summed E-state index contributed by atoms with van der Waals surface area (Å²) in [4.78, 5) is 0. The van der Waals surface area contributed by atoms with E-state index >= 15 is 0 Å². The molecule has 2 aromatic carbocycles. The Morgan fingerprint density at radius 1 is 1.10 bits per heavy atom. The van der Waals surface area contributed by atoms with Crippen LogP contribution in [0.3, 0.4) is 0 Å². The van der Waals surface area contributed by atoms with Crippen LogP contribution in [-0.4, -0.2) is 6.04 Å². The van der Waals surface area contributed by atoms with E-state index in [0.717, 1.165) is 12.3 Å². The number of hydrogen-bond acceptors (Lipinski definition) is 2. The summed E-state index contributed by atoms with van der Waals surface area (Å²) in [5.74, 6) is 1.01. The minimum Gasteiger partial charge on any atom is -0.457 e. The van der Waals surface area contributed by atoms with Crippen molar-refractivity contribution in [3.8, 4) is 11.5 Å². The van der Waals surface area contributed by atoms with Crippen LogP contribution < -0.4 is 10.1 Å². The van der Waals surface area contributed by atoms with Crippen molar-refractivity contribution in [2.24, 2.45) is 0 Å². The lowest BCUT2D eigenvalue weighted by molar-refractivity contribution is 0.475. The molecular weight excluding hydrogens is 253 g/mol. The van der Waals surface area contributed by atoms with Gasteiger partial charge in [-0.1, -0.05) is 18.2 Å². The number of rotatable bonds is 5. The number of benzene rings is 2. The predicted molar refractivity (Wildman–Crippen MR) is 77.5 cm³/mol. The van der Waals surface area contributed by atoms with Crippen molar-refractivity contribution in [3.63, 3.8) is 0 Å². The largest absolute Gasteiger partial charge is 0.457 e. The number of aryl methyl sites for hydroxylation is 1. The molecule has 0 unspecified atom stereocenters. The lowest BCUT2D eigenvalue weighted by atomic mass is 10.2. The summed E-state index contributed by atoms with van der Waals surface area (Å²) >= 11 is 0. The molecule has 0 radical (unpaired) electrons. The minimum absolute atomic E-state index is 0.243. The Labute approximate surface area is 118 Å². The maximum Gasteiger partial charge on any atom is 0.130 e. The number of nitrogens with one attached hydrogen (secondary N) is 1. The molecule has 0 atom stereocenters. The van der Waals surface area contributed by atoms with Gasteiger partial charge in [0.25, 0.3) is 0 Å². The highest BCUT2D eigenvalue weighted by molar-refractivity contribution is 5.35. The maximum atomic E-state index is 13.4. The summed E-state index contributed by atoms with van der Waals surface area (Å²) in [6, 6.07) is 13.5. The van der Waals surface area contributed by atoms with Gasteiger partial charge >= 0.3 is 0 Å². The molecule has 1 N–H and O–H groups in total.